The van der Waals surface area contributed by atoms with Crippen molar-refractivity contribution in [3.63, 3.8) is 0 Å². The van der Waals surface area contributed by atoms with E-state index in [1.165, 1.54) is 35.2 Å². The van der Waals surface area contributed by atoms with Crippen molar-refractivity contribution in [3.8, 4) is 5.69 Å². The molecule has 44 heavy (non-hydrogen) atoms. The van der Waals surface area contributed by atoms with Crippen LogP contribution in [0.5, 0.6) is 0 Å². The van der Waals surface area contributed by atoms with Crippen molar-refractivity contribution < 1.29 is 28.7 Å². The first-order chi connectivity index (χ1) is 21.1. The van der Waals surface area contributed by atoms with Crippen molar-refractivity contribution in [2.24, 2.45) is 0 Å². The van der Waals surface area contributed by atoms with Crippen molar-refractivity contribution in [1.29, 1.82) is 0 Å². The number of anilines is 1. The van der Waals surface area contributed by atoms with Gasteiger partial charge in [-0.15, -0.1) is 0 Å². The Hall–Kier alpha value is -5.04. The minimum atomic E-state index is -1.04. The molecule has 0 saturated carbocycles. The third-order valence-electron chi connectivity index (χ3n) is 6.47. The van der Waals surface area contributed by atoms with Crippen LogP contribution in [0.25, 0.3) is 16.7 Å². The van der Waals surface area contributed by atoms with Crippen LogP contribution in [0.4, 0.5) is 5.69 Å². The number of aromatic nitrogens is 4. The van der Waals surface area contributed by atoms with Crippen molar-refractivity contribution in [3.05, 3.63) is 81.5 Å². The minimum absolute atomic E-state index is 0.0129. The molecule has 2 aromatic carbocycles. The Morgan fingerprint density at radius 3 is 2.32 bits per heavy atom. The number of fused-ring (bicyclic) bond motifs is 1. The van der Waals surface area contributed by atoms with Crippen molar-refractivity contribution in [2.75, 3.05) is 18.5 Å². The van der Waals surface area contributed by atoms with Crippen LogP contribution in [0.2, 0.25) is 5.02 Å². The van der Waals surface area contributed by atoms with Crippen LogP contribution >= 0.6 is 11.6 Å². The summed E-state index contributed by atoms with van der Waals surface area (Å²) in [4.78, 5) is 67.2. The summed E-state index contributed by atoms with van der Waals surface area (Å²) in [5, 5.41) is 10.6. The summed E-state index contributed by atoms with van der Waals surface area (Å²) in [6.45, 7) is 5.01. The predicted octanol–water partition coefficient (Wildman–Crippen LogP) is 3.19. The summed E-state index contributed by atoms with van der Waals surface area (Å²) in [6.07, 6.45) is 1.23. The summed E-state index contributed by atoms with van der Waals surface area (Å²) >= 11 is 5.98. The molecule has 0 aliphatic carbocycles. The average Bonchev–Trinajstić information content (AvgIpc) is 3.34. The van der Waals surface area contributed by atoms with E-state index >= 15 is 0 Å². The Kier molecular flexibility index (Phi) is 10.5. The van der Waals surface area contributed by atoms with E-state index in [-0.39, 0.29) is 43.5 Å². The quantitative estimate of drug-likeness (QED) is 0.226. The average molecular weight is 623 g/mol. The van der Waals surface area contributed by atoms with Crippen LogP contribution in [-0.2, 0) is 30.4 Å². The highest BCUT2D eigenvalue weighted by molar-refractivity contribution is 6.30. The number of aryl methyl sites for hydroxylation is 1. The Labute approximate surface area is 257 Å². The normalized spacial score (nSPS) is 11.5. The Bertz CT molecular complexity index is 1730. The van der Waals surface area contributed by atoms with E-state index in [1.807, 2.05) is 0 Å². The van der Waals surface area contributed by atoms with E-state index in [0.29, 0.717) is 27.7 Å². The van der Waals surface area contributed by atoms with Gasteiger partial charge in [0, 0.05) is 22.7 Å². The van der Waals surface area contributed by atoms with Gasteiger partial charge in [-0.2, -0.15) is 5.10 Å². The van der Waals surface area contributed by atoms with Gasteiger partial charge in [0.2, 0.25) is 5.91 Å². The first kappa shape index (κ1) is 31.9. The monoisotopic (exact) mass is 622 g/mol. The fraction of sp³-hybridized carbons (Fsp3) is 0.300. The predicted molar refractivity (Wildman–Crippen MR) is 162 cm³/mol. The molecular formula is C30H31ClN6O7. The highest BCUT2D eigenvalue weighted by Crippen LogP contribution is 2.19. The standard InChI is InChI=1S/C30H31ClN6O7/c1-4-43-25(39)15-14-23(30(42)44-5-2)34-28(40)19-6-10-21(11-7-19)33-24(38)16-36-17-32-27-26(29(36)41)18(3)35-37(27)22-12-8-20(31)9-13-22/h6-13,17,23H,4-5,14-16H2,1-3H3,(H,33,38)(H,34,40)/t23-/m0/s1. The molecule has 0 saturated heterocycles. The number of halogens is 1. The molecule has 14 heteroatoms. The number of carbonyl (C=O) groups excluding carboxylic acids is 4. The van der Waals surface area contributed by atoms with Gasteiger partial charge in [-0.3, -0.25) is 23.7 Å². The number of amides is 2. The fourth-order valence-corrected chi connectivity index (χ4v) is 4.49. The van der Waals surface area contributed by atoms with Crippen LogP contribution in [0.1, 0.15) is 42.7 Å². The minimum Gasteiger partial charge on any atom is -0.466 e. The molecule has 0 radical (unpaired) electrons. The second-order valence-electron chi connectivity index (χ2n) is 9.60. The number of ether oxygens (including phenoxy) is 2. The molecule has 0 spiro atoms. The van der Waals surface area contributed by atoms with Crippen molar-refractivity contribution >= 4 is 52.1 Å². The summed E-state index contributed by atoms with van der Waals surface area (Å²) in [6, 6.07) is 11.8. The number of hydrogen-bond acceptors (Lipinski definition) is 9. The van der Waals surface area contributed by atoms with Gasteiger partial charge < -0.3 is 20.1 Å². The molecule has 2 amide bonds. The van der Waals surface area contributed by atoms with Crippen molar-refractivity contribution in [1.82, 2.24) is 24.6 Å². The van der Waals surface area contributed by atoms with E-state index in [2.05, 4.69) is 20.7 Å². The van der Waals surface area contributed by atoms with Gasteiger partial charge in [0.1, 0.15) is 24.3 Å². The van der Waals surface area contributed by atoms with Crippen LogP contribution in [0.3, 0.4) is 0 Å². The molecule has 4 aromatic rings. The molecule has 1 atom stereocenters. The summed E-state index contributed by atoms with van der Waals surface area (Å²) in [5.41, 5.74) is 1.67. The second kappa shape index (κ2) is 14.4. The van der Waals surface area contributed by atoms with E-state index in [0.717, 1.165) is 0 Å². The second-order valence-corrected chi connectivity index (χ2v) is 10.0. The Morgan fingerprint density at radius 2 is 1.66 bits per heavy atom. The number of esters is 2. The van der Waals surface area contributed by atoms with Gasteiger partial charge in [-0.1, -0.05) is 11.6 Å². The summed E-state index contributed by atoms with van der Waals surface area (Å²) < 4.78 is 12.6. The lowest BCUT2D eigenvalue weighted by atomic mass is 10.1. The van der Waals surface area contributed by atoms with E-state index in [1.54, 1.807) is 49.7 Å². The van der Waals surface area contributed by atoms with Crippen LogP contribution in [-0.4, -0.2) is 62.3 Å². The first-order valence-electron chi connectivity index (χ1n) is 13.8. The van der Waals surface area contributed by atoms with Gasteiger partial charge in [-0.05, 0) is 75.7 Å². The highest BCUT2D eigenvalue weighted by Gasteiger charge is 2.24. The zero-order valence-electron chi connectivity index (χ0n) is 24.3. The van der Waals surface area contributed by atoms with Crippen molar-refractivity contribution in [2.45, 2.75) is 46.2 Å². The smallest absolute Gasteiger partial charge is 0.328 e. The molecule has 2 N–H and O–H groups in total. The number of nitrogens with zero attached hydrogens (tertiary/aromatic N) is 4. The molecule has 0 aliphatic heterocycles. The lowest BCUT2D eigenvalue weighted by Crippen LogP contribution is -2.42. The maximum atomic E-state index is 13.2. The lowest BCUT2D eigenvalue weighted by Gasteiger charge is -2.17. The fourth-order valence-electron chi connectivity index (χ4n) is 4.37. The molecule has 230 valence electrons. The molecule has 2 aromatic heterocycles. The van der Waals surface area contributed by atoms with E-state index in [9.17, 15) is 24.0 Å². The maximum absolute atomic E-state index is 13.2. The summed E-state index contributed by atoms with van der Waals surface area (Å²) in [5.74, 6) is -2.21. The van der Waals surface area contributed by atoms with E-state index < -0.39 is 35.4 Å². The summed E-state index contributed by atoms with van der Waals surface area (Å²) in [7, 11) is 0. The largest absolute Gasteiger partial charge is 0.466 e. The number of carbonyl (C=O) groups is 4. The lowest BCUT2D eigenvalue weighted by molar-refractivity contribution is -0.146. The molecule has 0 unspecified atom stereocenters. The van der Waals surface area contributed by atoms with Crippen LogP contribution in [0, 0.1) is 6.92 Å². The topological polar surface area (TPSA) is 164 Å². The number of benzene rings is 2. The van der Waals surface area contributed by atoms with Gasteiger partial charge >= 0.3 is 11.9 Å². The first-order valence-corrected chi connectivity index (χ1v) is 14.2. The van der Waals surface area contributed by atoms with Gasteiger partial charge in [0.15, 0.2) is 5.65 Å². The molecule has 0 fully saturated rings. The van der Waals surface area contributed by atoms with E-state index in [4.69, 9.17) is 21.1 Å². The van der Waals surface area contributed by atoms with Crippen LogP contribution in [0.15, 0.2) is 59.7 Å². The molecule has 13 nitrogen and oxygen atoms in total. The van der Waals surface area contributed by atoms with Gasteiger partial charge in [0.25, 0.3) is 11.5 Å². The van der Waals surface area contributed by atoms with Gasteiger partial charge in [-0.25, -0.2) is 14.5 Å². The Morgan fingerprint density at radius 1 is 0.977 bits per heavy atom. The number of rotatable bonds is 12. The van der Waals surface area contributed by atoms with Gasteiger partial charge in [0.05, 0.1) is 24.6 Å². The maximum Gasteiger partial charge on any atom is 0.328 e. The zero-order valence-corrected chi connectivity index (χ0v) is 25.1. The molecular weight excluding hydrogens is 592 g/mol. The molecule has 4 rings (SSSR count). The zero-order chi connectivity index (χ0) is 31.8. The SMILES string of the molecule is CCOC(=O)CC[C@H](NC(=O)c1ccc(NC(=O)Cn2cnc3c(c(C)nn3-c3ccc(Cl)cc3)c2=O)cc1)C(=O)OCC. The number of nitrogens with one attached hydrogen (secondary N) is 2. The molecule has 0 aliphatic rings. The Balaban J connectivity index is 1.41. The molecule has 2 heterocycles. The molecule has 0 bridgehead atoms. The third kappa shape index (κ3) is 7.67. The highest BCUT2D eigenvalue weighted by atomic mass is 35.5. The number of hydrogen-bond donors (Lipinski definition) is 2. The van der Waals surface area contributed by atoms with Crippen LogP contribution < -0.4 is 16.2 Å². The third-order valence-corrected chi connectivity index (χ3v) is 6.72.